The van der Waals surface area contributed by atoms with Crippen LogP contribution in [0.1, 0.15) is 29.9 Å². The Morgan fingerprint density at radius 3 is 2.38 bits per heavy atom. The molecule has 0 bridgehead atoms. The molecule has 1 unspecified atom stereocenters. The van der Waals surface area contributed by atoms with Crippen LogP contribution >= 0.6 is 0 Å². The van der Waals surface area contributed by atoms with Crippen LogP contribution in [-0.2, 0) is 0 Å². The summed E-state index contributed by atoms with van der Waals surface area (Å²) in [4.78, 5) is 0. The molecule has 0 spiro atoms. The molecule has 2 aromatic rings. The van der Waals surface area contributed by atoms with Gasteiger partial charge in [-0.25, -0.2) is 4.39 Å². The van der Waals surface area contributed by atoms with Gasteiger partial charge in [-0.15, -0.1) is 0 Å². The van der Waals surface area contributed by atoms with E-state index in [4.69, 9.17) is 13.9 Å². The van der Waals surface area contributed by atoms with Gasteiger partial charge in [0.1, 0.15) is 11.6 Å². The van der Waals surface area contributed by atoms with Crippen molar-refractivity contribution in [2.24, 2.45) is 0 Å². The van der Waals surface area contributed by atoms with Crippen molar-refractivity contribution in [3.63, 3.8) is 0 Å². The van der Waals surface area contributed by atoms with E-state index in [0.717, 1.165) is 11.3 Å². The van der Waals surface area contributed by atoms with Gasteiger partial charge in [-0.3, -0.25) is 0 Å². The minimum atomic E-state index is -0.348. The Hall–Kier alpha value is -2.01. The summed E-state index contributed by atoms with van der Waals surface area (Å²) >= 11 is 0. The van der Waals surface area contributed by atoms with Crippen LogP contribution < -0.4 is 14.8 Å². The van der Waals surface area contributed by atoms with Gasteiger partial charge in [0, 0.05) is 17.2 Å². The van der Waals surface area contributed by atoms with Gasteiger partial charge in [-0.1, -0.05) is 6.92 Å². The first-order chi connectivity index (χ1) is 10.1. The van der Waals surface area contributed by atoms with Crippen LogP contribution in [0, 0.1) is 12.7 Å². The molecule has 5 heteroatoms. The number of methoxy groups -OCH3 is 2. The van der Waals surface area contributed by atoms with E-state index < -0.39 is 0 Å². The third-order valence-electron chi connectivity index (χ3n) is 3.43. The van der Waals surface area contributed by atoms with E-state index in [-0.39, 0.29) is 11.9 Å². The normalized spacial score (nSPS) is 12.2. The molecule has 0 aliphatic rings. The van der Waals surface area contributed by atoms with Crippen molar-refractivity contribution < 1.29 is 18.3 Å². The summed E-state index contributed by atoms with van der Waals surface area (Å²) in [6.07, 6.45) is 1.60. The van der Waals surface area contributed by atoms with E-state index in [1.807, 2.05) is 19.9 Å². The summed E-state index contributed by atoms with van der Waals surface area (Å²) in [5, 5.41) is 3.28. The minimum absolute atomic E-state index is 0.298. The van der Waals surface area contributed by atoms with Crippen LogP contribution in [0.25, 0.3) is 0 Å². The Balaban J connectivity index is 2.53. The molecule has 114 valence electrons. The lowest BCUT2D eigenvalue weighted by Crippen LogP contribution is -2.23. The Morgan fingerprint density at radius 2 is 1.86 bits per heavy atom. The lowest BCUT2D eigenvalue weighted by Gasteiger charge is -2.20. The van der Waals surface area contributed by atoms with Gasteiger partial charge in [-0.2, -0.15) is 0 Å². The summed E-state index contributed by atoms with van der Waals surface area (Å²) in [6.45, 7) is 4.53. The number of aryl methyl sites for hydroxylation is 1. The number of nitrogens with one attached hydrogen (secondary N) is 1. The van der Waals surface area contributed by atoms with E-state index in [9.17, 15) is 4.39 Å². The zero-order chi connectivity index (χ0) is 15.4. The van der Waals surface area contributed by atoms with Crippen LogP contribution in [0.4, 0.5) is 4.39 Å². The highest BCUT2D eigenvalue weighted by Crippen LogP contribution is 2.35. The molecule has 0 fully saturated rings. The maximum atomic E-state index is 14.4. The molecule has 0 aliphatic carbocycles. The second kappa shape index (κ2) is 6.63. The van der Waals surface area contributed by atoms with Gasteiger partial charge in [0.05, 0.1) is 26.5 Å². The van der Waals surface area contributed by atoms with Gasteiger partial charge < -0.3 is 19.2 Å². The van der Waals surface area contributed by atoms with E-state index >= 15 is 0 Å². The first-order valence-electron chi connectivity index (χ1n) is 6.81. The van der Waals surface area contributed by atoms with Crippen LogP contribution in [0.5, 0.6) is 11.5 Å². The van der Waals surface area contributed by atoms with Crippen molar-refractivity contribution in [2.75, 3.05) is 20.8 Å². The molecular formula is C16H20FNO3. The average Bonchev–Trinajstić information content (AvgIpc) is 2.90. The molecule has 1 N–H and O–H groups in total. The molecule has 1 atom stereocenters. The molecule has 4 nitrogen and oxygen atoms in total. The van der Waals surface area contributed by atoms with Gasteiger partial charge >= 0.3 is 0 Å². The molecule has 1 aromatic heterocycles. The Morgan fingerprint density at radius 1 is 1.19 bits per heavy atom. The third-order valence-corrected chi connectivity index (χ3v) is 3.43. The summed E-state index contributed by atoms with van der Waals surface area (Å²) in [5.41, 5.74) is 1.40. The van der Waals surface area contributed by atoms with Crippen LogP contribution in [-0.4, -0.2) is 20.8 Å². The van der Waals surface area contributed by atoms with Crippen molar-refractivity contribution in [3.05, 3.63) is 47.2 Å². The topological polar surface area (TPSA) is 43.6 Å². The molecule has 1 heterocycles. The summed E-state index contributed by atoms with van der Waals surface area (Å²) in [6, 6.07) is 4.55. The smallest absolute Gasteiger partial charge is 0.163 e. The second-order valence-electron chi connectivity index (χ2n) is 4.65. The Bertz CT molecular complexity index is 610. The van der Waals surface area contributed by atoms with Crippen molar-refractivity contribution in [3.8, 4) is 11.5 Å². The zero-order valence-corrected chi connectivity index (χ0v) is 12.7. The van der Waals surface area contributed by atoms with Crippen molar-refractivity contribution in [2.45, 2.75) is 19.9 Å². The summed E-state index contributed by atoms with van der Waals surface area (Å²) in [7, 11) is 3.02. The van der Waals surface area contributed by atoms with E-state index in [2.05, 4.69) is 5.32 Å². The fraction of sp³-hybridized carbons (Fsp3) is 0.375. The maximum absolute atomic E-state index is 14.4. The lowest BCUT2D eigenvalue weighted by molar-refractivity contribution is 0.350. The van der Waals surface area contributed by atoms with Crippen LogP contribution in [0.15, 0.2) is 28.9 Å². The fourth-order valence-corrected chi connectivity index (χ4v) is 2.38. The van der Waals surface area contributed by atoms with Crippen molar-refractivity contribution >= 4 is 0 Å². The maximum Gasteiger partial charge on any atom is 0.163 e. The number of benzene rings is 1. The number of hydrogen-bond acceptors (Lipinski definition) is 4. The first-order valence-corrected chi connectivity index (χ1v) is 6.81. The highest BCUT2D eigenvalue weighted by Gasteiger charge is 2.23. The number of furan rings is 1. The predicted octanol–water partition coefficient (Wildman–Crippen LogP) is 3.44. The van der Waals surface area contributed by atoms with Gasteiger partial charge in [-0.05, 0) is 25.6 Å². The lowest BCUT2D eigenvalue weighted by atomic mass is 9.98. The highest BCUT2D eigenvalue weighted by molar-refractivity contribution is 5.47. The zero-order valence-electron chi connectivity index (χ0n) is 12.7. The average molecular weight is 293 g/mol. The highest BCUT2D eigenvalue weighted by atomic mass is 19.1. The molecule has 0 saturated heterocycles. The number of hydrogen-bond donors (Lipinski definition) is 1. The standard InChI is InChI=1S/C16H20FNO3/c1-5-18-16(11-6-7-21-10(11)2)12-8-14(19-3)15(20-4)9-13(12)17/h6-9,16,18H,5H2,1-4H3. The predicted molar refractivity (Wildman–Crippen MR) is 78.5 cm³/mol. The van der Waals surface area contributed by atoms with Gasteiger partial charge in [0.2, 0.25) is 0 Å². The molecule has 0 amide bonds. The van der Waals surface area contributed by atoms with E-state index in [0.29, 0.717) is 23.6 Å². The molecule has 2 rings (SSSR count). The number of halogens is 1. The second-order valence-corrected chi connectivity index (χ2v) is 4.65. The molecule has 1 aromatic carbocycles. The molecule has 21 heavy (non-hydrogen) atoms. The van der Waals surface area contributed by atoms with E-state index in [1.54, 1.807) is 12.3 Å². The molecule has 0 aliphatic heterocycles. The van der Waals surface area contributed by atoms with Gasteiger partial charge in [0.25, 0.3) is 0 Å². The van der Waals surface area contributed by atoms with E-state index in [1.165, 1.54) is 20.3 Å². The van der Waals surface area contributed by atoms with Gasteiger partial charge in [0.15, 0.2) is 11.5 Å². The quantitative estimate of drug-likeness (QED) is 0.886. The monoisotopic (exact) mass is 293 g/mol. The molecule has 0 saturated carbocycles. The number of rotatable bonds is 6. The Labute approximate surface area is 123 Å². The number of ether oxygens (including phenoxy) is 2. The third kappa shape index (κ3) is 3.03. The SMILES string of the molecule is CCNC(c1cc(OC)c(OC)cc1F)c1ccoc1C. The molecule has 0 radical (unpaired) electrons. The largest absolute Gasteiger partial charge is 0.493 e. The molecular weight excluding hydrogens is 273 g/mol. The summed E-state index contributed by atoms with van der Waals surface area (Å²) < 4.78 is 30.2. The summed E-state index contributed by atoms with van der Waals surface area (Å²) in [5.74, 6) is 1.28. The van der Waals surface area contributed by atoms with Crippen molar-refractivity contribution in [1.29, 1.82) is 0 Å². The Kier molecular flexibility index (Phi) is 4.85. The van der Waals surface area contributed by atoms with Crippen molar-refractivity contribution in [1.82, 2.24) is 5.32 Å². The minimum Gasteiger partial charge on any atom is -0.493 e. The fourth-order valence-electron chi connectivity index (χ4n) is 2.38. The first kappa shape index (κ1) is 15.4. The van der Waals surface area contributed by atoms with Crippen LogP contribution in [0.2, 0.25) is 0 Å². The van der Waals surface area contributed by atoms with Crippen LogP contribution in [0.3, 0.4) is 0 Å².